The molecule has 4 heteroatoms. The molecule has 14 heavy (non-hydrogen) atoms. The van der Waals surface area contributed by atoms with Crippen molar-refractivity contribution in [1.29, 1.82) is 0 Å². The van der Waals surface area contributed by atoms with E-state index in [-0.39, 0.29) is 9.61 Å². The molecule has 1 fully saturated rings. The van der Waals surface area contributed by atoms with Crippen LogP contribution < -0.4 is 5.73 Å². The summed E-state index contributed by atoms with van der Waals surface area (Å²) < 4.78 is 26.4. The molecule has 76 valence electrons. The molecule has 2 N–H and O–H groups in total. The van der Waals surface area contributed by atoms with Crippen molar-refractivity contribution in [2.75, 3.05) is 0 Å². The zero-order chi connectivity index (χ0) is 10.3. The molecule has 1 nitrogen and oxygen atoms in total. The molecule has 1 aliphatic rings. The summed E-state index contributed by atoms with van der Waals surface area (Å²) in [5.41, 5.74) is 6.42. The second kappa shape index (κ2) is 3.73. The van der Waals surface area contributed by atoms with E-state index >= 15 is 0 Å². The van der Waals surface area contributed by atoms with Crippen LogP contribution in [0.2, 0.25) is 0 Å². The van der Waals surface area contributed by atoms with Gasteiger partial charge in [0, 0.05) is 6.04 Å². The summed E-state index contributed by atoms with van der Waals surface area (Å²) in [4.78, 5) is 0. The van der Waals surface area contributed by atoms with Gasteiger partial charge in [-0.1, -0.05) is 0 Å². The molecule has 0 amide bonds. The van der Waals surface area contributed by atoms with E-state index < -0.39 is 11.6 Å². The van der Waals surface area contributed by atoms with Crippen molar-refractivity contribution < 1.29 is 8.78 Å². The van der Waals surface area contributed by atoms with E-state index in [1.165, 1.54) is 12.1 Å². The first kappa shape index (κ1) is 10.3. The Morgan fingerprint density at radius 1 is 1.29 bits per heavy atom. The highest BCUT2D eigenvalue weighted by atomic mass is 127. The molecule has 0 aromatic heterocycles. The quantitative estimate of drug-likeness (QED) is 0.660. The summed E-state index contributed by atoms with van der Waals surface area (Å²) in [7, 11) is 0. The van der Waals surface area contributed by atoms with Crippen molar-refractivity contribution in [3.63, 3.8) is 0 Å². The highest BCUT2D eigenvalue weighted by Crippen LogP contribution is 2.39. The number of hydrogen-bond donors (Lipinski definition) is 1. The van der Waals surface area contributed by atoms with Crippen molar-refractivity contribution >= 4 is 22.6 Å². The summed E-state index contributed by atoms with van der Waals surface area (Å²) >= 11 is 1.65. The molecule has 0 aliphatic heterocycles. The van der Waals surface area contributed by atoms with Gasteiger partial charge in [0.1, 0.15) is 11.6 Å². The van der Waals surface area contributed by atoms with Crippen LogP contribution in [0.1, 0.15) is 24.4 Å². The predicted molar refractivity (Wildman–Crippen MR) is 58.7 cm³/mol. The number of nitrogens with two attached hydrogens (primary N) is 1. The smallest absolute Gasteiger partial charge is 0.139 e. The van der Waals surface area contributed by atoms with E-state index in [0.29, 0.717) is 11.5 Å². The summed E-state index contributed by atoms with van der Waals surface area (Å²) in [6.45, 7) is 0. The molecule has 0 bridgehead atoms. The van der Waals surface area contributed by atoms with Crippen molar-refractivity contribution in [2.45, 2.75) is 18.9 Å². The van der Waals surface area contributed by atoms with Gasteiger partial charge < -0.3 is 5.73 Å². The maximum atomic E-state index is 13.2. The standard InChI is InChI=1S/C10H10F2IN/c11-7-3-6(4-8(12)9(7)13)10(14)5-1-2-5/h3-5,10H,1-2,14H2. The fourth-order valence-electron chi connectivity index (χ4n) is 1.50. The fraction of sp³-hybridized carbons (Fsp3) is 0.400. The van der Waals surface area contributed by atoms with E-state index in [2.05, 4.69) is 0 Å². The SMILES string of the molecule is NC(c1cc(F)c(I)c(F)c1)C1CC1. The van der Waals surface area contributed by atoms with Gasteiger partial charge in [-0.05, 0) is 59.0 Å². The monoisotopic (exact) mass is 309 g/mol. The van der Waals surface area contributed by atoms with Crippen molar-refractivity contribution in [1.82, 2.24) is 0 Å². The Morgan fingerprint density at radius 2 is 1.79 bits per heavy atom. The minimum absolute atomic E-state index is 0.0364. The topological polar surface area (TPSA) is 26.0 Å². The minimum atomic E-state index is -0.517. The van der Waals surface area contributed by atoms with Crippen LogP contribution >= 0.6 is 22.6 Å². The Morgan fingerprint density at radius 3 is 2.21 bits per heavy atom. The van der Waals surface area contributed by atoms with Gasteiger partial charge in [0.2, 0.25) is 0 Å². The van der Waals surface area contributed by atoms with Gasteiger partial charge in [0.15, 0.2) is 0 Å². The molecule has 1 saturated carbocycles. The zero-order valence-corrected chi connectivity index (χ0v) is 9.59. The molecule has 1 unspecified atom stereocenters. The molecule has 1 aromatic rings. The van der Waals surface area contributed by atoms with Crippen LogP contribution in [-0.4, -0.2) is 0 Å². The molecule has 2 rings (SSSR count). The molecule has 0 saturated heterocycles. The number of halogens is 3. The van der Waals surface area contributed by atoms with Crippen LogP contribution in [0.15, 0.2) is 12.1 Å². The van der Waals surface area contributed by atoms with Gasteiger partial charge in [-0.3, -0.25) is 0 Å². The third-order valence-electron chi connectivity index (χ3n) is 2.52. The second-order valence-corrected chi connectivity index (χ2v) is 4.74. The third kappa shape index (κ3) is 1.91. The van der Waals surface area contributed by atoms with Gasteiger partial charge in [-0.25, -0.2) is 8.78 Å². The van der Waals surface area contributed by atoms with Crippen LogP contribution in [0.4, 0.5) is 8.78 Å². The number of hydrogen-bond acceptors (Lipinski definition) is 1. The third-order valence-corrected chi connectivity index (χ3v) is 3.55. The number of rotatable bonds is 2. The molecule has 1 aromatic carbocycles. The van der Waals surface area contributed by atoms with E-state index in [1.807, 2.05) is 0 Å². The first-order valence-electron chi connectivity index (χ1n) is 4.49. The number of benzene rings is 1. The fourth-order valence-corrected chi connectivity index (χ4v) is 1.81. The molecular formula is C10H10F2IN. The van der Waals surface area contributed by atoms with Crippen molar-refractivity contribution in [3.05, 3.63) is 32.9 Å². The average Bonchev–Trinajstić information content (AvgIpc) is 2.95. The lowest BCUT2D eigenvalue weighted by molar-refractivity contribution is 0.553. The predicted octanol–water partition coefficient (Wildman–Crippen LogP) is 2.98. The molecule has 1 aliphatic carbocycles. The van der Waals surface area contributed by atoms with Crippen LogP contribution in [0.3, 0.4) is 0 Å². The molecule has 1 atom stereocenters. The first-order valence-corrected chi connectivity index (χ1v) is 5.57. The van der Waals surface area contributed by atoms with Gasteiger partial charge in [-0.15, -0.1) is 0 Å². The molecule has 0 heterocycles. The van der Waals surface area contributed by atoms with Crippen molar-refractivity contribution in [3.8, 4) is 0 Å². The van der Waals surface area contributed by atoms with Gasteiger partial charge in [-0.2, -0.15) is 0 Å². The first-order chi connectivity index (χ1) is 6.59. The summed E-state index contributed by atoms with van der Waals surface area (Å²) in [6, 6.07) is 2.47. The van der Waals surface area contributed by atoms with E-state index in [0.717, 1.165) is 12.8 Å². The minimum Gasteiger partial charge on any atom is -0.324 e. The molecule has 0 spiro atoms. The van der Waals surface area contributed by atoms with Crippen LogP contribution in [0.25, 0.3) is 0 Å². The Balaban J connectivity index is 2.34. The van der Waals surface area contributed by atoms with E-state index in [9.17, 15) is 8.78 Å². The Labute approximate surface area is 94.8 Å². The summed E-state index contributed by atoms with van der Waals surface area (Å²) in [5, 5.41) is 0. The lowest BCUT2D eigenvalue weighted by atomic mass is 10.0. The van der Waals surface area contributed by atoms with Crippen LogP contribution in [-0.2, 0) is 0 Å². The maximum Gasteiger partial charge on any atom is 0.139 e. The summed E-state index contributed by atoms with van der Waals surface area (Å²) in [5.74, 6) is -0.623. The van der Waals surface area contributed by atoms with E-state index in [4.69, 9.17) is 5.73 Å². The largest absolute Gasteiger partial charge is 0.324 e. The average molecular weight is 309 g/mol. The Kier molecular flexibility index (Phi) is 2.74. The Hall–Kier alpha value is -0.230. The lowest BCUT2D eigenvalue weighted by Crippen LogP contribution is -2.13. The van der Waals surface area contributed by atoms with Gasteiger partial charge >= 0.3 is 0 Å². The highest BCUT2D eigenvalue weighted by molar-refractivity contribution is 14.1. The maximum absolute atomic E-state index is 13.2. The summed E-state index contributed by atoms with van der Waals surface area (Å²) in [6.07, 6.45) is 2.13. The van der Waals surface area contributed by atoms with Crippen molar-refractivity contribution in [2.24, 2.45) is 11.7 Å². The van der Waals surface area contributed by atoms with Gasteiger partial charge in [0.05, 0.1) is 3.57 Å². The molecular weight excluding hydrogens is 299 g/mol. The lowest BCUT2D eigenvalue weighted by Gasteiger charge is -2.11. The zero-order valence-electron chi connectivity index (χ0n) is 7.43. The highest BCUT2D eigenvalue weighted by Gasteiger charge is 2.30. The van der Waals surface area contributed by atoms with E-state index in [1.54, 1.807) is 22.6 Å². The normalized spacial score (nSPS) is 18.3. The Bertz CT molecular complexity index is 340. The van der Waals surface area contributed by atoms with Gasteiger partial charge in [0.25, 0.3) is 0 Å². The van der Waals surface area contributed by atoms with Crippen LogP contribution in [0.5, 0.6) is 0 Å². The second-order valence-electron chi connectivity index (χ2n) is 3.66. The van der Waals surface area contributed by atoms with Crippen LogP contribution in [0, 0.1) is 21.1 Å². The molecule has 0 radical (unpaired) electrons.